The number of hydrogen-bond donors (Lipinski definition) is 1. The Hall–Kier alpha value is -0.810. The second kappa shape index (κ2) is 3.51. The van der Waals surface area contributed by atoms with Crippen LogP contribution in [-0.2, 0) is 4.74 Å². The number of hydrogen-bond acceptors (Lipinski definition) is 3. The van der Waals surface area contributed by atoms with E-state index in [-0.39, 0.29) is 16.6 Å². The third kappa shape index (κ3) is 2.57. The summed E-state index contributed by atoms with van der Waals surface area (Å²) in [5, 5.41) is 14.2. The zero-order chi connectivity index (χ0) is 10.1. The van der Waals surface area contributed by atoms with Crippen molar-refractivity contribution >= 4 is 6.09 Å². The molecule has 1 amide bonds. The van der Waals surface area contributed by atoms with Crippen molar-refractivity contribution in [1.82, 2.24) is 5.32 Å². The monoisotopic (exact) mass is 188 g/mol. The second-order valence-electron chi connectivity index (χ2n) is 3.88. The van der Waals surface area contributed by atoms with Crippen molar-refractivity contribution in [3.05, 3.63) is 5.21 Å². The fourth-order valence-corrected chi connectivity index (χ4v) is 1.81. The third-order valence-electron chi connectivity index (χ3n) is 2.43. The van der Waals surface area contributed by atoms with Crippen LogP contribution in [-0.4, -0.2) is 44.0 Å². The maximum atomic E-state index is 11.5. The molecule has 0 aromatic heterocycles. The molecule has 0 aromatic rings. The van der Waals surface area contributed by atoms with Crippen LogP contribution in [0.2, 0.25) is 0 Å². The molecule has 0 radical (unpaired) electrons. The molecule has 1 aliphatic heterocycles. The van der Waals surface area contributed by atoms with Gasteiger partial charge in [-0.2, -0.15) is 0 Å². The Balaban J connectivity index is 2.48. The first-order chi connectivity index (χ1) is 5.94. The van der Waals surface area contributed by atoms with E-state index in [0.717, 1.165) is 0 Å². The number of quaternary nitrogens is 1. The van der Waals surface area contributed by atoms with Crippen molar-refractivity contribution in [2.45, 2.75) is 13.0 Å². The molecule has 13 heavy (non-hydrogen) atoms. The number of nitrogens with one attached hydrogen (secondary N) is 1. The van der Waals surface area contributed by atoms with Gasteiger partial charge in [-0.05, 0) is 0 Å². The first-order valence-corrected chi connectivity index (χ1v) is 4.34. The van der Waals surface area contributed by atoms with Gasteiger partial charge >= 0.3 is 6.09 Å². The minimum absolute atomic E-state index is 0.0602. The first kappa shape index (κ1) is 10.3. The minimum Gasteiger partial charge on any atom is -0.633 e. The molecule has 76 valence electrons. The van der Waals surface area contributed by atoms with Crippen molar-refractivity contribution in [2.24, 2.45) is 5.92 Å². The van der Waals surface area contributed by atoms with Gasteiger partial charge in [-0.3, -0.25) is 0 Å². The van der Waals surface area contributed by atoms with Gasteiger partial charge in [0.05, 0.1) is 33.3 Å². The van der Waals surface area contributed by atoms with Crippen LogP contribution in [0, 0.1) is 11.1 Å². The molecule has 3 atom stereocenters. The summed E-state index contributed by atoms with van der Waals surface area (Å²) in [6.45, 7) is 2.94. The summed E-state index contributed by atoms with van der Waals surface area (Å²) >= 11 is 0. The van der Waals surface area contributed by atoms with Gasteiger partial charge in [0, 0.05) is 5.92 Å². The van der Waals surface area contributed by atoms with Gasteiger partial charge in [0.2, 0.25) is 0 Å². The Kier molecular flexibility index (Phi) is 2.77. The number of likely N-dealkylation sites (N-methyl/N-ethyl adjacent to an activating group) is 1. The van der Waals surface area contributed by atoms with E-state index in [1.54, 1.807) is 7.05 Å². The maximum absolute atomic E-state index is 11.5. The Morgan fingerprint density at radius 2 is 2.23 bits per heavy atom. The zero-order valence-corrected chi connectivity index (χ0v) is 8.24. The van der Waals surface area contributed by atoms with Crippen LogP contribution in [0.25, 0.3) is 0 Å². The van der Waals surface area contributed by atoms with Crippen LogP contribution in [0.1, 0.15) is 6.92 Å². The molecule has 0 saturated carbocycles. The number of carbonyl (C=O) groups is 1. The highest BCUT2D eigenvalue weighted by Gasteiger charge is 2.36. The normalized spacial score (nSPS) is 38.8. The van der Waals surface area contributed by atoms with Crippen LogP contribution in [0.4, 0.5) is 4.79 Å². The van der Waals surface area contributed by atoms with E-state index in [2.05, 4.69) is 10.1 Å². The molecule has 1 rings (SSSR count). The van der Waals surface area contributed by atoms with E-state index >= 15 is 0 Å². The minimum atomic E-state index is -0.459. The van der Waals surface area contributed by atoms with Gasteiger partial charge in [0.25, 0.3) is 0 Å². The molecule has 1 saturated heterocycles. The molecule has 0 bridgehead atoms. The maximum Gasteiger partial charge on any atom is 0.407 e. The predicted octanol–water partition coefficient (Wildman–Crippen LogP) is 0.305. The lowest BCUT2D eigenvalue weighted by molar-refractivity contribution is -0.849. The number of nitrogens with zero attached hydrogens (tertiary/aromatic N) is 1. The molecule has 1 N–H and O–H groups in total. The lowest BCUT2D eigenvalue weighted by Crippen LogP contribution is -2.42. The van der Waals surface area contributed by atoms with Crippen LogP contribution in [0.15, 0.2) is 0 Å². The lowest BCUT2D eigenvalue weighted by Gasteiger charge is -2.33. The highest BCUT2D eigenvalue weighted by molar-refractivity contribution is 5.67. The molecule has 1 heterocycles. The first-order valence-electron chi connectivity index (χ1n) is 4.34. The number of hydroxylamine groups is 3. The van der Waals surface area contributed by atoms with Crippen molar-refractivity contribution in [1.29, 1.82) is 0 Å². The summed E-state index contributed by atoms with van der Waals surface area (Å²) in [7, 11) is 2.94. The summed E-state index contributed by atoms with van der Waals surface area (Å²) in [5.41, 5.74) is 0. The number of methoxy groups -OCH3 is 1. The fourth-order valence-electron chi connectivity index (χ4n) is 1.81. The number of alkyl carbamates (subject to hydrolysis) is 1. The van der Waals surface area contributed by atoms with E-state index in [1.807, 2.05) is 6.92 Å². The summed E-state index contributed by atoms with van der Waals surface area (Å²) in [5.74, 6) is 0.210. The smallest absolute Gasteiger partial charge is 0.407 e. The van der Waals surface area contributed by atoms with Gasteiger partial charge in [0.15, 0.2) is 0 Å². The lowest BCUT2D eigenvalue weighted by atomic mass is 10.1. The Morgan fingerprint density at radius 1 is 1.62 bits per heavy atom. The summed E-state index contributed by atoms with van der Waals surface area (Å²) in [4.78, 5) is 10.9. The average molecular weight is 188 g/mol. The van der Waals surface area contributed by atoms with Gasteiger partial charge < -0.3 is 19.9 Å². The van der Waals surface area contributed by atoms with Gasteiger partial charge in [0.1, 0.15) is 0 Å². The van der Waals surface area contributed by atoms with Gasteiger partial charge in [-0.25, -0.2) is 4.79 Å². The highest BCUT2D eigenvalue weighted by atomic mass is 16.5. The Bertz CT molecular complexity index is 206. The van der Waals surface area contributed by atoms with Crippen LogP contribution in [0.5, 0.6) is 0 Å². The van der Waals surface area contributed by atoms with Gasteiger partial charge in [-0.1, -0.05) is 6.92 Å². The Morgan fingerprint density at radius 3 is 2.62 bits per heavy atom. The van der Waals surface area contributed by atoms with Crippen molar-refractivity contribution < 1.29 is 14.2 Å². The average Bonchev–Trinajstić information content (AvgIpc) is 2.24. The fraction of sp³-hybridized carbons (Fsp3) is 0.875. The predicted molar refractivity (Wildman–Crippen MR) is 47.8 cm³/mol. The quantitative estimate of drug-likeness (QED) is 0.475. The standard InChI is InChI=1S/C8H16N2O3/c1-6-4-10(2,12)5-7(6)9-8(11)13-3/h6-7H,4-5H2,1-3H3,(H,9,11). The van der Waals surface area contributed by atoms with E-state index in [9.17, 15) is 10.0 Å². The SMILES string of the molecule is COC(=O)NC1C[N+](C)([O-])CC1C. The molecule has 5 nitrogen and oxygen atoms in total. The molecule has 0 aromatic carbocycles. The molecule has 1 fully saturated rings. The highest BCUT2D eigenvalue weighted by Crippen LogP contribution is 2.21. The van der Waals surface area contributed by atoms with E-state index in [1.165, 1.54) is 7.11 Å². The molecular formula is C8H16N2O3. The molecule has 1 aliphatic rings. The Labute approximate surface area is 77.8 Å². The van der Waals surface area contributed by atoms with E-state index in [0.29, 0.717) is 13.1 Å². The van der Waals surface area contributed by atoms with Crippen molar-refractivity contribution in [3.8, 4) is 0 Å². The van der Waals surface area contributed by atoms with E-state index < -0.39 is 6.09 Å². The summed E-state index contributed by atoms with van der Waals surface area (Å²) in [6, 6.07) is -0.0602. The largest absolute Gasteiger partial charge is 0.633 e. The summed E-state index contributed by atoms with van der Waals surface area (Å²) in [6.07, 6.45) is -0.459. The topological polar surface area (TPSA) is 61.4 Å². The molecule has 5 heteroatoms. The number of ether oxygens (including phenoxy) is 1. The van der Waals surface area contributed by atoms with Crippen molar-refractivity contribution in [3.63, 3.8) is 0 Å². The number of amides is 1. The molecule has 0 spiro atoms. The molecule has 0 aliphatic carbocycles. The second-order valence-corrected chi connectivity index (χ2v) is 3.88. The van der Waals surface area contributed by atoms with E-state index in [4.69, 9.17) is 0 Å². The zero-order valence-electron chi connectivity index (χ0n) is 8.24. The number of carbonyl (C=O) groups excluding carboxylic acids is 1. The molecular weight excluding hydrogens is 172 g/mol. The van der Waals surface area contributed by atoms with Crippen LogP contribution < -0.4 is 5.32 Å². The van der Waals surface area contributed by atoms with Crippen LogP contribution >= 0.6 is 0 Å². The van der Waals surface area contributed by atoms with Crippen molar-refractivity contribution in [2.75, 3.05) is 27.2 Å². The number of likely N-dealkylation sites (tertiary alicyclic amines) is 1. The summed E-state index contributed by atoms with van der Waals surface area (Å²) < 4.78 is 4.19. The van der Waals surface area contributed by atoms with Gasteiger partial charge in [-0.15, -0.1) is 0 Å². The molecule has 3 unspecified atom stereocenters. The third-order valence-corrected chi connectivity index (χ3v) is 2.43. The van der Waals surface area contributed by atoms with Crippen LogP contribution in [0.3, 0.4) is 0 Å². The number of rotatable bonds is 1.